The summed E-state index contributed by atoms with van der Waals surface area (Å²) >= 11 is 0. The van der Waals surface area contributed by atoms with E-state index in [-0.39, 0.29) is 11.9 Å². The van der Waals surface area contributed by atoms with Crippen LogP contribution in [-0.2, 0) is 4.79 Å². The second-order valence-corrected chi connectivity index (χ2v) is 5.02. The normalized spacial score (nSPS) is 18.1. The Labute approximate surface area is 126 Å². The Morgan fingerprint density at radius 2 is 2.00 bits per heavy atom. The van der Waals surface area contributed by atoms with E-state index in [0.29, 0.717) is 24.7 Å². The Bertz CT molecular complexity index is 471. The largest absolute Gasteiger partial charge is 0.490 e. The van der Waals surface area contributed by atoms with Crippen molar-refractivity contribution < 1.29 is 14.3 Å². The molecule has 116 valence electrons. The van der Waals surface area contributed by atoms with Crippen LogP contribution in [0, 0.1) is 0 Å². The van der Waals surface area contributed by atoms with Gasteiger partial charge < -0.3 is 20.1 Å². The fraction of sp³-hybridized carbons (Fsp3) is 0.562. The lowest BCUT2D eigenvalue weighted by atomic mass is 10.0. The van der Waals surface area contributed by atoms with Crippen molar-refractivity contribution in [2.75, 3.05) is 25.1 Å². The minimum Gasteiger partial charge on any atom is -0.490 e. The molecule has 0 unspecified atom stereocenters. The minimum absolute atomic E-state index is 0.0151. The second kappa shape index (κ2) is 7.88. The third kappa shape index (κ3) is 4.36. The van der Waals surface area contributed by atoms with Gasteiger partial charge in [0.2, 0.25) is 5.91 Å². The lowest BCUT2D eigenvalue weighted by Crippen LogP contribution is -2.43. The zero-order chi connectivity index (χ0) is 15.1. The molecule has 5 nitrogen and oxygen atoms in total. The van der Waals surface area contributed by atoms with Gasteiger partial charge in [0.05, 0.1) is 19.3 Å². The monoisotopic (exact) mass is 292 g/mol. The Morgan fingerprint density at radius 1 is 1.24 bits per heavy atom. The van der Waals surface area contributed by atoms with E-state index in [1.165, 1.54) is 0 Å². The molecule has 0 spiro atoms. The molecule has 1 aromatic carbocycles. The minimum atomic E-state index is -0.0964. The summed E-state index contributed by atoms with van der Waals surface area (Å²) in [5, 5.41) is 6.19. The van der Waals surface area contributed by atoms with Crippen LogP contribution in [0.25, 0.3) is 0 Å². The van der Waals surface area contributed by atoms with E-state index in [2.05, 4.69) is 10.6 Å². The van der Waals surface area contributed by atoms with E-state index in [4.69, 9.17) is 9.47 Å². The van der Waals surface area contributed by atoms with Crippen molar-refractivity contribution >= 4 is 11.6 Å². The Balaban J connectivity index is 2.05. The van der Waals surface area contributed by atoms with Gasteiger partial charge in [0.1, 0.15) is 0 Å². The van der Waals surface area contributed by atoms with Crippen molar-refractivity contribution in [3.8, 4) is 11.5 Å². The Hall–Kier alpha value is -1.75. The molecule has 1 atom stereocenters. The van der Waals surface area contributed by atoms with Crippen LogP contribution in [0.4, 0.5) is 5.69 Å². The first-order valence-electron chi connectivity index (χ1n) is 7.68. The smallest absolute Gasteiger partial charge is 0.241 e. The lowest BCUT2D eigenvalue weighted by molar-refractivity contribution is -0.118. The van der Waals surface area contributed by atoms with Gasteiger partial charge >= 0.3 is 0 Å². The van der Waals surface area contributed by atoms with Crippen LogP contribution in [0.3, 0.4) is 0 Å². The average Bonchev–Trinajstić information content (AvgIpc) is 2.51. The third-order valence-electron chi connectivity index (χ3n) is 3.44. The summed E-state index contributed by atoms with van der Waals surface area (Å²) < 4.78 is 11.1. The summed E-state index contributed by atoms with van der Waals surface area (Å²) in [5.41, 5.74) is 0.735. The number of piperidine rings is 1. The molecule has 2 N–H and O–H groups in total. The van der Waals surface area contributed by atoms with Crippen LogP contribution < -0.4 is 20.1 Å². The predicted octanol–water partition coefficient (Wildman–Crippen LogP) is 2.56. The number of benzene rings is 1. The molecule has 2 rings (SSSR count). The first kappa shape index (κ1) is 15.6. The molecule has 1 aliphatic rings. The van der Waals surface area contributed by atoms with Gasteiger partial charge in [-0.05, 0) is 45.4 Å². The summed E-state index contributed by atoms with van der Waals surface area (Å²) in [6, 6.07) is 5.39. The zero-order valence-electron chi connectivity index (χ0n) is 12.8. The van der Waals surface area contributed by atoms with Gasteiger partial charge in [0, 0.05) is 11.8 Å². The van der Waals surface area contributed by atoms with Gasteiger partial charge in [-0.3, -0.25) is 4.79 Å². The number of anilines is 1. The molecule has 0 aliphatic carbocycles. The van der Waals surface area contributed by atoms with E-state index in [0.717, 1.165) is 31.5 Å². The van der Waals surface area contributed by atoms with E-state index in [1.54, 1.807) is 0 Å². The maximum Gasteiger partial charge on any atom is 0.241 e. The SMILES string of the molecule is CCOc1ccc(NC(=O)[C@H]2CCCCN2)cc1OCC. The van der Waals surface area contributed by atoms with Crippen LogP contribution in [0.1, 0.15) is 33.1 Å². The highest BCUT2D eigenvalue weighted by Gasteiger charge is 2.20. The molecular formula is C16H24N2O3. The number of rotatable bonds is 6. The van der Waals surface area contributed by atoms with Gasteiger partial charge in [-0.2, -0.15) is 0 Å². The van der Waals surface area contributed by atoms with E-state index >= 15 is 0 Å². The maximum atomic E-state index is 12.2. The van der Waals surface area contributed by atoms with Gasteiger partial charge in [-0.25, -0.2) is 0 Å². The second-order valence-electron chi connectivity index (χ2n) is 5.02. The van der Waals surface area contributed by atoms with Gasteiger partial charge in [0.15, 0.2) is 11.5 Å². The highest BCUT2D eigenvalue weighted by Crippen LogP contribution is 2.30. The van der Waals surface area contributed by atoms with Crippen LogP contribution in [-0.4, -0.2) is 31.7 Å². The maximum absolute atomic E-state index is 12.2. The standard InChI is InChI=1S/C16H24N2O3/c1-3-20-14-9-8-12(11-15(14)21-4-2)18-16(19)13-7-5-6-10-17-13/h8-9,11,13,17H,3-7,10H2,1-2H3,(H,18,19)/t13-/m1/s1. The van der Waals surface area contributed by atoms with Crippen molar-refractivity contribution in [3.63, 3.8) is 0 Å². The van der Waals surface area contributed by atoms with E-state index in [1.807, 2.05) is 32.0 Å². The van der Waals surface area contributed by atoms with Gasteiger partial charge in [-0.15, -0.1) is 0 Å². The number of ether oxygens (including phenoxy) is 2. The number of hydrogen-bond acceptors (Lipinski definition) is 4. The van der Waals surface area contributed by atoms with Crippen molar-refractivity contribution in [3.05, 3.63) is 18.2 Å². The van der Waals surface area contributed by atoms with Gasteiger partial charge in [-0.1, -0.05) is 6.42 Å². The number of carbonyl (C=O) groups is 1. The molecule has 0 bridgehead atoms. The summed E-state index contributed by atoms with van der Waals surface area (Å²) in [6.45, 7) is 5.90. The Morgan fingerprint density at radius 3 is 2.67 bits per heavy atom. The predicted molar refractivity (Wildman–Crippen MR) is 83.1 cm³/mol. The highest BCUT2D eigenvalue weighted by atomic mass is 16.5. The third-order valence-corrected chi connectivity index (χ3v) is 3.44. The molecule has 1 heterocycles. The average molecular weight is 292 g/mol. The number of amides is 1. The Kier molecular flexibility index (Phi) is 5.87. The van der Waals surface area contributed by atoms with Crippen molar-refractivity contribution in [1.29, 1.82) is 0 Å². The molecule has 1 fully saturated rings. The van der Waals surface area contributed by atoms with E-state index in [9.17, 15) is 4.79 Å². The molecule has 1 saturated heterocycles. The number of carbonyl (C=O) groups excluding carboxylic acids is 1. The zero-order valence-corrected chi connectivity index (χ0v) is 12.8. The van der Waals surface area contributed by atoms with Gasteiger partial charge in [0.25, 0.3) is 0 Å². The molecule has 1 aromatic rings. The molecule has 0 saturated carbocycles. The fourth-order valence-electron chi connectivity index (χ4n) is 2.43. The van der Waals surface area contributed by atoms with Crippen LogP contribution in [0.2, 0.25) is 0 Å². The first-order chi connectivity index (χ1) is 10.2. The molecule has 1 amide bonds. The highest BCUT2D eigenvalue weighted by molar-refractivity contribution is 5.95. The molecule has 21 heavy (non-hydrogen) atoms. The van der Waals surface area contributed by atoms with Crippen LogP contribution in [0.5, 0.6) is 11.5 Å². The van der Waals surface area contributed by atoms with Crippen molar-refractivity contribution in [2.45, 2.75) is 39.2 Å². The quantitative estimate of drug-likeness (QED) is 0.846. The van der Waals surface area contributed by atoms with Crippen LogP contribution >= 0.6 is 0 Å². The molecule has 5 heteroatoms. The topological polar surface area (TPSA) is 59.6 Å². The van der Waals surface area contributed by atoms with Crippen LogP contribution in [0.15, 0.2) is 18.2 Å². The number of hydrogen-bond donors (Lipinski definition) is 2. The van der Waals surface area contributed by atoms with E-state index < -0.39 is 0 Å². The molecule has 0 aromatic heterocycles. The number of nitrogens with one attached hydrogen (secondary N) is 2. The summed E-state index contributed by atoms with van der Waals surface area (Å²) in [7, 11) is 0. The molecule has 1 aliphatic heterocycles. The first-order valence-corrected chi connectivity index (χ1v) is 7.68. The fourth-order valence-corrected chi connectivity index (χ4v) is 2.43. The van der Waals surface area contributed by atoms with Crippen molar-refractivity contribution in [2.24, 2.45) is 0 Å². The summed E-state index contributed by atoms with van der Waals surface area (Å²) in [5.74, 6) is 1.38. The summed E-state index contributed by atoms with van der Waals surface area (Å²) in [4.78, 5) is 12.2. The molecular weight excluding hydrogens is 268 g/mol. The van der Waals surface area contributed by atoms with Crippen molar-refractivity contribution in [1.82, 2.24) is 5.32 Å². The summed E-state index contributed by atoms with van der Waals surface area (Å²) in [6.07, 6.45) is 3.13. The lowest BCUT2D eigenvalue weighted by Gasteiger charge is -2.22. The molecule has 0 radical (unpaired) electrons.